The molecule has 4 heteroatoms. The molecule has 0 atom stereocenters. The SMILES string of the molecule is O=C1OCCCCC1(I)I. The highest BCUT2D eigenvalue weighted by molar-refractivity contribution is 14.2. The first-order valence-electron chi connectivity index (χ1n) is 3.18. The van der Waals surface area contributed by atoms with Gasteiger partial charge >= 0.3 is 5.97 Å². The Balaban J connectivity index is 2.61. The Morgan fingerprint density at radius 2 is 2.10 bits per heavy atom. The maximum atomic E-state index is 11.1. The van der Waals surface area contributed by atoms with Crippen molar-refractivity contribution in [3.63, 3.8) is 0 Å². The highest BCUT2D eigenvalue weighted by atomic mass is 127. The van der Waals surface area contributed by atoms with E-state index in [1.807, 2.05) is 0 Å². The van der Waals surface area contributed by atoms with Crippen molar-refractivity contribution in [2.24, 2.45) is 0 Å². The summed E-state index contributed by atoms with van der Waals surface area (Å²) in [5.74, 6) is -0.0637. The van der Waals surface area contributed by atoms with E-state index in [4.69, 9.17) is 4.74 Å². The molecule has 0 bridgehead atoms. The molecule has 2 nitrogen and oxygen atoms in total. The standard InChI is InChI=1S/C6H8I2O2/c7-6(8)3-1-2-4-10-5(6)9/h1-4H2. The molecule has 1 aliphatic rings. The first-order valence-corrected chi connectivity index (χ1v) is 5.34. The van der Waals surface area contributed by atoms with Gasteiger partial charge in [-0.2, -0.15) is 0 Å². The van der Waals surface area contributed by atoms with Crippen molar-refractivity contribution in [2.75, 3.05) is 6.61 Å². The summed E-state index contributed by atoms with van der Waals surface area (Å²) in [4.78, 5) is 11.1. The quantitative estimate of drug-likeness (QED) is 0.374. The first-order chi connectivity index (χ1) is 4.63. The maximum Gasteiger partial charge on any atom is 0.332 e. The van der Waals surface area contributed by atoms with Crippen LogP contribution in [0.25, 0.3) is 0 Å². The Labute approximate surface area is 87.4 Å². The van der Waals surface area contributed by atoms with Gasteiger partial charge in [0.05, 0.1) is 6.61 Å². The molecule has 0 aromatic carbocycles. The van der Waals surface area contributed by atoms with Gasteiger partial charge in [0.2, 0.25) is 0 Å². The highest BCUT2D eigenvalue weighted by Crippen LogP contribution is 2.36. The molecule has 1 fully saturated rings. The van der Waals surface area contributed by atoms with Crippen LogP contribution in [-0.2, 0) is 9.53 Å². The van der Waals surface area contributed by atoms with Crippen molar-refractivity contribution >= 4 is 51.2 Å². The second-order valence-electron chi connectivity index (χ2n) is 2.30. The van der Waals surface area contributed by atoms with Crippen molar-refractivity contribution < 1.29 is 9.53 Å². The molecule has 0 amide bonds. The van der Waals surface area contributed by atoms with E-state index in [1.165, 1.54) is 0 Å². The topological polar surface area (TPSA) is 26.3 Å². The minimum Gasteiger partial charge on any atom is -0.464 e. The van der Waals surface area contributed by atoms with Gasteiger partial charge in [-0.25, -0.2) is 4.79 Å². The van der Waals surface area contributed by atoms with Crippen LogP contribution in [0.5, 0.6) is 0 Å². The van der Waals surface area contributed by atoms with Gasteiger partial charge in [0.15, 0.2) is 1.43 Å². The van der Waals surface area contributed by atoms with E-state index in [0.717, 1.165) is 19.3 Å². The fraction of sp³-hybridized carbons (Fsp3) is 0.833. The number of alkyl halides is 2. The zero-order valence-electron chi connectivity index (χ0n) is 5.40. The number of cyclic esters (lactones) is 1. The Kier molecular flexibility index (Phi) is 3.20. The van der Waals surface area contributed by atoms with Gasteiger partial charge in [0.1, 0.15) is 0 Å². The number of hydrogen-bond acceptors (Lipinski definition) is 2. The van der Waals surface area contributed by atoms with E-state index in [9.17, 15) is 4.79 Å². The van der Waals surface area contributed by atoms with Crippen LogP contribution in [0.4, 0.5) is 0 Å². The lowest BCUT2D eigenvalue weighted by molar-refractivity contribution is -0.142. The summed E-state index contributed by atoms with van der Waals surface area (Å²) in [6, 6.07) is 0. The molecule has 1 rings (SSSR count). The third kappa shape index (κ3) is 2.21. The van der Waals surface area contributed by atoms with Crippen LogP contribution >= 0.6 is 45.2 Å². The predicted octanol–water partition coefficient (Wildman–Crippen LogP) is 2.28. The zero-order valence-corrected chi connectivity index (χ0v) is 9.72. The Morgan fingerprint density at radius 3 is 2.80 bits per heavy atom. The average molecular weight is 366 g/mol. The van der Waals surface area contributed by atoms with E-state index >= 15 is 0 Å². The summed E-state index contributed by atoms with van der Waals surface area (Å²) in [5, 5.41) is 0. The lowest BCUT2D eigenvalue weighted by Gasteiger charge is -2.13. The van der Waals surface area contributed by atoms with E-state index in [0.29, 0.717) is 6.61 Å². The summed E-state index contributed by atoms with van der Waals surface area (Å²) in [5.41, 5.74) is 0. The van der Waals surface area contributed by atoms with E-state index in [-0.39, 0.29) is 7.40 Å². The summed E-state index contributed by atoms with van der Waals surface area (Å²) < 4.78 is 4.66. The second kappa shape index (κ2) is 3.55. The van der Waals surface area contributed by atoms with Crippen molar-refractivity contribution in [1.82, 2.24) is 0 Å². The van der Waals surface area contributed by atoms with Crippen LogP contribution < -0.4 is 0 Å². The predicted molar refractivity (Wildman–Crippen MR) is 55.6 cm³/mol. The normalized spacial score (nSPS) is 25.2. The Morgan fingerprint density at radius 1 is 1.40 bits per heavy atom. The minimum absolute atomic E-state index is 0.0637. The molecule has 0 aromatic heterocycles. The van der Waals surface area contributed by atoms with Gasteiger partial charge in [-0.3, -0.25) is 0 Å². The number of hydrogen-bond donors (Lipinski definition) is 0. The molecule has 0 saturated carbocycles. The summed E-state index contributed by atoms with van der Waals surface area (Å²) in [6.07, 6.45) is 3.05. The van der Waals surface area contributed by atoms with E-state index < -0.39 is 0 Å². The number of esters is 1. The van der Waals surface area contributed by atoms with Gasteiger partial charge in [0.25, 0.3) is 0 Å². The molecule has 0 radical (unpaired) electrons. The third-order valence-corrected chi connectivity index (χ3v) is 3.38. The number of ether oxygens (including phenoxy) is 1. The lowest BCUT2D eigenvalue weighted by Crippen LogP contribution is -2.24. The third-order valence-electron chi connectivity index (χ3n) is 1.42. The lowest BCUT2D eigenvalue weighted by atomic mass is 10.2. The Hall–Kier alpha value is 0.930. The molecule has 1 aliphatic heterocycles. The van der Waals surface area contributed by atoms with Crippen molar-refractivity contribution in [3.05, 3.63) is 0 Å². The zero-order chi connectivity index (χ0) is 7.61. The van der Waals surface area contributed by atoms with Crippen molar-refractivity contribution in [1.29, 1.82) is 0 Å². The van der Waals surface area contributed by atoms with Crippen molar-refractivity contribution in [3.8, 4) is 0 Å². The van der Waals surface area contributed by atoms with Crippen LogP contribution in [0.15, 0.2) is 0 Å². The molecule has 58 valence electrons. The first kappa shape index (κ1) is 9.02. The smallest absolute Gasteiger partial charge is 0.332 e. The van der Waals surface area contributed by atoms with Crippen LogP contribution in [-0.4, -0.2) is 14.0 Å². The summed E-state index contributed by atoms with van der Waals surface area (Å²) >= 11 is 4.31. The van der Waals surface area contributed by atoms with Gasteiger partial charge in [-0.05, 0) is 19.3 Å². The fourth-order valence-electron chi connectivity index (χ4n) is 0.822. The molecule has 0 N–H and O–H groups in total. The van der Waals surface area contributed by atoms with E-state index in [2.05, 4.69) is 45.2 Å². The van der Waals surface area contributed by atoms with E-state index in [1.54, 1.807) is 0 Å². The van der Waals surface area contributed by atoms with Crippen LogP contribution in [0.3, 0.4) is 0 Å². The molecule has 0 unspecified atom stereocenters. The molecule has 1 saturated heterocycles. The number of halogens is 2. The number of rotatable bonds is 0. The van der Waals surface area contributed by atoms with Crippen LogP contribution in [0.1, 0.15) is 19.3 Å². The largest absolute Gasteiger partial charge is 0.464 e. The molecule has 0 spiro atoms. The van der Waals surface area contributed by atoms with Crippen LogP contribution in [0.2, 0.25) is 0 Å². The average Bonchev–Trinajstić information content (AvgIpc) is 1.96. The minimum atomic E-state index is -0.300. The highest BCUT2D eigenvalue weighted by Gasteiger charge is 2.34. The van der Waals surface area contributed by atoms with Gasteiger partial charge in [-0.1, -0.05) is 45.2 Å². The van der Waals surface area contributed by atoms with Crippen molar-refractivity contribution in [2.45, 2.75) is 20.7 Å². The molecule has 0 aromatic rings. The monoisotopic (exact) mass is 366 g/mol. The van der Waals surface area contributed by atoms with Crippen LogP contribution in [0, 0.1) is 0 Å². The number of carbonyl (C=O) groups is 1. The maximum absolute atomic E-state index is 11.1. The summed E-state index contributed by atoms with van der Waals surface area (Å²) in [6.45, 7) is 0.604. The number of carbonyl (C=O) groups excluding carboxylic acids is 1. The fourth-order valence-corrected chi connectivity index (χ4v) is 1.90. The molecule has 1 heterocycles. The molecule has 10 heavy (non-hydrogen) atoms. The molecular formula is C6H8I2O2. The summed E-state index contributed by atoms with van der Waals surface area (Å²) in [7, 11) is 0. The molecular weight excluding hydrogens is 358 g/mol. The molecule has 0 aliphatic carbocycles. The van der Waals surface area contributed by atoms with Gasteiger partial charge in [-0.15, -0.1) is 0 Å². The second-order valence-corrected chi connectivity index (χ2v) is 8.04. The van der Waals surface area contributed by atoms with Gasteiger partial charge < -0.3 is 4.74 Å². The Bertz CT molecular complexity index is 145. The van der Waals surface area contributed by atoms with Gasteiger partial charge in [0, 0.05) is 0 Å².